The van der Waals surface area contributed by atoms with E-state index in [1.54, 1.807) is 19.1 Å². The Labute approximate surface area is 216 Å². The van der Waals surface area contributed by atoms with Crippen LogP contribution < -0.4 is 0 Å². The van der Waals surface area contributed by atoms with Crippen LogP contribution in [0.4, 0.5) is 17.6 Å². The molecular weight excluding hydrogens is 526 g/mol. The molecule has 0 saturated carbocycles. The van der Waals surface area contributed by atoms with Crippen LogP contribution in [0.2, 0.25) is 0 Å². The number of pyridine rings is 2. The summed E-state index contributed by atoms with van der Waals surface area (Å²) < 4.78 is 84.8. The summed E-state index contributed by atoms with van der Waals surface area (Å²) in [5.41, 5.74) is 0.683. The lowest BCUT2D eigenvalue weighted by Gasteiger charge is -2.25. The quantitative estimate of drug-likeness (QED) is 0.251. The highest BCUT2D eigenvalue weighted by Gasteiger charge is 2.34. The zero-order valence-corrected chi connectivity index (χ0v) is 21.2. The van der Waals surface area contributed by atoms with Crippen molar-refractivity contribution in [2.24, 2.45) is 0 Å². The van der Waals surface area contributed by atoms with E-state index in [1.165, 1.54) is 31.3 Å². The van der Waals surface area contributed by atoms with E-state index in [-0.39, 0.29) is 36.1 Å². The second-order valence-corrected chi connectivity index (χ2v) is 10.4. The molecule has 0 bridgehead atoms. The van der Waals surface area contributed by atoms with Crippen molar-refractivity contribution in [3.63, 3.8) is 0 Å². The molecule has 7 nitrogen and oxygen atoms in total. The van der Waals surface area contributed by atoms with Crippen molar-refractivity contribution < 1.29 is 35.2 Å². The molecule has 1 aromatic carbocycles. The SMILES string of the molecule is CCN([C@@H](C)C(=O)CCc1cc(-c2ccc(C(F)(F)F)cn2)ccn1)S(=O)(=O)c1cc2cc(F)ccc2o1. The van der Waals surface area contributed by atoms with Gasteiger partial charge in [-0.2, -0.15) is 17.5 Å². The Morgan fingerprint density at radius 1 is 1.08 bits per heavy atom. The van der Waals surface area contributed by atoms with Gasteiger partial charge in [-0.15, -0.1) is 0 Å². The Morgan fingerprint density at radius 2 is 1.84 bits per heavy atom. The summed E-state index contributed by atoms with van der Waals surface area (Å²) in [4.78, 5) is 21.0. The second-order valence-electron chi connectivity index (χ2n) is 8.56. The summed E-state index contributed by atoms with van der Waals surface area (Å²) in [6.07, 6.45) is -2.13. The molecule has 12 heteroatoms. The Balaban J connectivity index is 1.46. The third-order valence-corrected chi connectivity index (χ3v) is 7.96. The first-order valence-electron chi connectivity index (χ1n) is 11.6. The number of nitrogens with zero attached hydrogens (tertiary/aromatic N) is 3. The zero-order chi connectivity index (χ0) is 27.7. The summed E-state index contributed by atoms with van der Waals surface area (Å²) >= 11 is 0. The van der Waals surface area contributed by atoms with Crippen molar-refractivity contribution >= 4 is 26.8 Å². The van der Waals surface area contributed by atoms with Gasteiger partial charge in [-0.05, 0) is 55.8 Å². The van der Waals surface area contributed by atoms with Crippen molar-refractivity contribution in [1.82, 2.24) is 14.3 Å². The fraction of sp³-hybridized carbons (Fsp3) is 0.269. The van der Waals surface area contributed by atoms with Crippen LogP contribution in [0.1, 0.15) is 31.5 Å². The number of carbonyl (C=O) groups excluding carboxylic acids is 1. The molecule has 1 atom stereocenters. The predicted molar refractivity (Wildman–Crippen MR) is 131 cm³/mol. The molecule has 3 aromatic heterocycles. The van der Waals surface area contributed by atoms with Crippen LogP contribution in [0, 0.1) is 5.82 Å². The van der Waals surface area contributed by atoms with E-state index in [2.05, 4.69) is 9.97 Å². The molecule has 0 aliphatic carbocycles. The number of likely N-dealkylation sites (N-methyl/N-ethyl adjacent to an activating group) is 1. The molecule has 0 radical (unpaired) electrons. The first kappa shape index (κ1) is 27.4. The molecule has 0 N–H and O–H groups in total. The van der Waals surface area contributed by atoms with Crippen LogP contribution in [0.5, 0.6) is 0 Å². The number of hydrogen-bond acceptors (Lipinski definition) is 6. The number of sulfonamides is 1. The lowest BCUT2D eigenvalue weighted by atomic mass is 10.1. The van der Waals surface area contributed by atoms with Crippen LogP contribution in [0.15, 0.2) is 70.4 Å². The van der Waals surface area contributed by atoms with Crippen molar-refractivity contribution in [2.45, 2.75) is 44.0 Å². The number of halogens is 4. The molecule has 0 aliphatic rings. The average molecular weight is 550 g/mol. The third-order valence-electron chi connectivity index (χ3n) is 6.06. The van der Waals surface area contributed by atoms with E-state index in [0.717, 1.165) is 28.7 Å². The molecule has 4 aromatic rings. The number of rotatable bonds is 9. The predicted octanol–water partition coefficient (Wildman–Crippen LogP) is 5.65. The van der Waals surface area contributed by atoms with Gasteiger partial charge in [0.2, 0.25) is 5.09 Å². The Bertz CT molecular complexity index is 1570. The molecule has 0 saturated heterocycles. The van der Waals surface area contributed by atoms with E-state index in [9.17, 15) is 30.8 Å². The highest BCUT2D eigenvalue weighted by atomic mass is 32.2. The summed E-state index contributed by atoms with van der Waals surface area (Å²) in [5, 5.41) is -0.106. The number of fused-ring (bicyclic) bond motifs is 1. The second kappa shape index (κ2) is 10.6. The monoisotopic (exact) mass is 549 g/mol. The van der Waals surface area contributed by atoms with E-state index >= 15 is 0 Å². The maximum atomic E-state index is 13.5. The summed E-state index contributed by atoms with van der Waals surface area (Å²) in [5.74, 6) is -0.901. The van der Waals surface area contributed by atoms with Crippen LogP contribution in [-0.2, 0) is 27.4 Å². The van der Waals surface area contributed by atoms with Gasteiger partial charge in [-0.3, -0.25) is 14.8 Å². The van der Waals surface area contributed by atoms with Gasteiger partial charge in [0.25, 0.3) is 10.0 Å². The van der Waals surface area contributed by atoms with Gasteiger partial charge >= 0.3 is 6.18 Å². The number of ketones is 1. The highest BCUT2D eigenvalue weighted by molar-refractivity contribution is 7.89. The number of furan rings is 1. The molecule has 0 amide bonds. The van der Waals surface area contributed by atoms with Crippen LogP contribution in [-0.4, -0.2) is 41.1 Å². The van der Waals surface area contributed by atoms with Crippen molar-refractivity contribution in [3.05, 3.63) is 78.0 Å². The first-order chi connectivity index (χ1) is 17.9. The number of alkyl halides is 3. The minimum Gasteiger partial charge on any atom is -0.443 e. The number of Topliss-reactive ketones (excluding diaryl/α,β-unsaturated/α-hetero) is 1. The third kappa shape index (κ3) is 5.76. The molecule has 3 heterocycles. The normalized spacial score (nSPS) is 13.2. The molecule has 200 valence electrons. The lowest BCUT2D eigenvalue weighted by molar-refractivity contribution is -0.137. The lowest BCUT2D eigenvalue weighted by Crippen LogP contribution is -2.43. The number of carbonyl (C=O) groups is 1. The van der Waals surface area contributed by atoms with E-state index in [4.69, 9.17) is 4.42 Å². The maximum absolute atomic E-state index is 13.5. The van der Waals surface area contributed by atoms with Crippen LogP contribution in [0.25, 0.3) is 22.2 Å². The van der Waals surface area contributed by atoms with Gasteiger partial charge in [-0.25, -0.2) is 12.8 Å². The number of aromatic nitrogens is 2. The number of hydrogen-bond donors (Lipinski definition) is 0. The van der Waals surface area contributed by atoms with Gasteiger partial charge < -0.3 is 4.42 Å². The molecule has 0 spiro atoms. The Morgan fingerprint density at radius 3 is 2.50 bits per heavy atom. The number of benzene rings is 1. The van der Waals surface area contributed by atoms with Gasteiger partial charge in [0.1, 0.15) is 11.4 Å². The largest absolute Gasteiger partial charge is 0.443 e. The highest BCUT2D eigenvalue weighted by Crippen LogP contribution is 2.30. The topological polar surface area (TPSA) is 93.4 Å². The van der Waals surface area contributed by atoms with Crippen molar-refractivity contribution in [2.75, 3.05) is 6.54 Å². The molecule has 0 fully saturated rings. The van der Waals surface area contributed by atoms with E-state index < -0.39 is 38.7 Å². The minimum atomic E-state index is -4.49. The summed E-state index contributed by atoms with van der Waals surface area (Å²) in [6, 6.07) is 9.25. The van der Waals surface area contributed by atoms with E-state index in [1.807, 2.05) is 0 Å². The van der Waals surface area contributed by atoms with Gasteiger partial charge in [0, 0.05) is 48.1 Å². The maximum Gasteiger partial charge on any atom is 0.417 e. The Hall–Kier alpha value is -3.64. The van der Waals surface area contributed by atoms with Gasteiger partial charge in [0.05, 0.1) is 17.3 Å². The summed E-state index contributed by atoms with van der Waals surface area (Å²) in [6.45, 7) is 3.06. The fourth-order valence-corrected chi connectivity index (χ4v) is 5.59. The van der Waals surface area contributed by atoms with Crippen LogP contribution >= 0.6 is 0 Å². The standard InChI is InChI=1S/C26H23F4N3O4S/c1-3-33(38(35,36)25-14-18-12-20(27)5-9-24(18)37-25)16(2)23(34)8-6-21-13-17(10-11-31-21)22-7-4-19(15-32-22)26(28,29)30/h4-5,7,9-16H,3,6,8H2,1-2H3/t16-/m0/s1. The Kier molecular flexibility index (Phi) is 7.65. The number of aryl methyl sites for hydroxylation is 1. The van der Waals surface area contributed by atoms with Crippen molar-refractivity contribution in [3.8, 4) is 11.3 Å². The molecule has 0 aliphatic heterocycles. The zero-order valence-electron chi connectivity index (χ0n) is 20.4. The van der Waals surface area contributed by atoms with E-state index in [0.29, 0.717) is 17.0 Å². The minimum absolute atomic E-state index is 0.00598. The van der Waals surface area contributed by atoms with Crippen molar-refractivity contribution in [1.29, 1.82) is 0 Å². The molecule has 0 unspecified atom stereocenters. The first-order valence-corrected chi connectivity index (χ1v) is 13.1. The van der Waals surface area contributed by atoms with Crippen LogP contribution in [0.3, 0.4) is 0 Å². The summed E-state index contributed by atoms with van der Waals surface area (Å²) in [7, 11) is -4.19. The average Bonchev–Trinajstić information content (AvgIpc) is 3.31. The molecular formula is C26H23F4N3O4S. The van der Waals surface area contributed by atoms with Gasteiger partial charge in [0.15, 0.2) is 5.78 Å². The van der Waals surface area contributed by atoms with Gasteiger partial charge in [-0.1, -0.05) is 6.92 Å². The smallest absolute Gasteiger partial charge is 0.417 e. The fourth-order valence-electron chi connectivity index (χ4n) is 4.01. The molecule has 4 rings (SSSR count). The molecule has 38 heavy (non-hydrogen) atoms.